The highest BCUT2D eigenvalue weighted by atomic mass is 35.5. The molecule has 1 aromatic heterocycles. The fraction of sp³-hybridized carbons (Fsp3) is 0.600. The highest BCUT2D eigenvalue weighted by Gasteiger charge is 2.40. The zero-order valence-electron chi connectivity index (χ0n) is 18.4. The summed E-state index contributed by atoms with van der Waals surface area (Å²) in [5.41, 5.74) is -0.252. The standard InChI is InChI=1S/C25H29ClF3N3O/c26-17-3-8-21-20(12-17)22(13-23(32-21)25(27,28)29)30-18-4-6-19(7-5-18)31-24(33)11-16-10-14-1-2-15(16)9-14/h3,8,12-16,18-19H,1-2,4-7,9-11H2,(H,30,32)(H,31,33)/t14?,15?,16?,18-,19+. The van der Waals surface area contributed by atoms with Gasteiger partial charge in [-0.15, -0.1) is 0 Å². The lowest BCUT2D eigenvalue weighted by molar-refractivity contribution is -0.140. The highest BCUT2D eigenvalue weighted by Crippen LogP contribution is 2.49. The number of hydrogen-bond donors (Lipinski definition) is 2. The maximum atomic E-state index is 13.4. The van der Waals surface area contributed by atoms with Gasteiger partial charge in [-0.05, 0) is 87.0 Å². The van der Waals surface area contributed by atoms with Crippen LogP contribution in [0.3, 0.4) is 0 Å². The van der Waals surface area contributed by atoms with Gasteiger partial charge in [0.15, 0.2) is 0 Å². The van der Waals surface area contributed by atoms with Crippen molar-refractivity contribution in [3.63, 3.8) is 0 Å². The minimum Gasteiger partial charge on any atom is -0.382 e. The highest BCUT2D eigenvalue weighted by molar-refractivity contribution is 6.31. The van der Waals surface area contributed by atoms with Gasteiger partial charge >= 0.3 is 6.18 Å². The number of alkyl halides is 3. The first-order chi connectivity index (χ1) is 15.7. The third kappa shape index (κ3) is 5.08. The van der Waals surface area contributed by atoms with Gasteiger partial charge in [-0.3, -0.25) is 4.79 Å². The van der Waals surface area contributed by atoms with Crippen molar-refractivity contribution in [2.75, 3.05) is 5.32 Å². The van der Waals surface area contributed by atoms with E-state index in [9.17, 15) is 18.0 Å². The Kier molecular flexibility index (Phi) is 6.19. The molecule has 3 saturated carbocycles. The number of nitrogens with one attached hydrogen (secondary N) is 2. The molecule has 3 aliphatic carbocycles. The molecule has 3 fully saturated rings. The summed E-state index contributed by atoms with van der Waals surface area (Å²) in [6.45, 7) is 0. The van der Waals surface area contributed by atoms with Crippen LogP contribution in [0, 0.1) is 17.8 Å². The van der Waals surface area contributed by atoms with Gasteiger partial charge in [0.25, 0.3) is 0 Å². The summed E-state index contributed by atoms with van der Waals surface area (Å²) in [4.78, 5) is 16.3. The smallest absolute Gasteiger partial charge is 0.382 e. The van der Waals surface area contributed by atoms with Crippen LogP contribution in [-0.2, 0) is 11.0 Å². The largest absolute Gasteiger partial charge is 0.433 e. The van der Waals surface area contributed by atoms with Crippen molar-refractivity contribution in [2.24, 2.45) is 17.8 Å². The lowest BCUT2D eigenvalue weighted by Gasteiger charge is -2.31. The number of rotatable bonds is 5. The van der Waals surface area contributed by atoms with E-state index in [1.807, 2.05) is 0 Å². The molecule has 0 aliphatic heterocycles. The molecule has 0 radical (unpaired) electrons. The Hall–Kier alpha value is -2.02. The second-order valence-corrected chi connectivity index (χ2v) is 10.6. The van der Waals surface area contributed by atoms with Gasteiger partial charge < -0.3 is 10.6 Å². The first kappa shape index (κ1) is 22.8. The first-order valence-electron chi connectivity index (χ1n) is 12.0. The summed E-state index contributed by atoms with van der Waals surface area (Å²) in [6, 6.07) is 5.96. The number of amides is 1. The van der Waals surface area contributed by atoms with E-state index >= 15 is 0 Å². The topological polar surface area (TPSA) is 54.0 Å². The molecule has 4 nitrogen and oxygen atoms in total. The van der Waals surface area contributed by atoms with Crippen LogP contribution in [0.25, 0.3) is 10.9 Å². The molecule has 3 unspecified atom stereocenters. The van der Waals surface area contributed by atoms with Crippen LogP contribution in [0.1, 0.15) is 63.5 Å². The first-order valence-corrected chi connectivity index (χ1v) is 12.4. The molecular formula is C25H29ClF3N3O. The van der Waals surface area contributed by atoms with E-state index < -0.39 is 11.9 Å². The van der Waals surface area contributed by atoms with Crippen molar-refractivity contribution in [3.8, 4) is 0 Å². The van der Waals surface area contributed by atoms with Crippen molar-refractivity contribution >= 4 is 34.1 Å². The molecule has 1 aromatic carbocycles. The number of nitrogens with zero attached hydrogens (tertiary/aromatic N) is 1. The number of carbonyl (C=O) groups excluding carboxylic acids is 1. The van der Waals surface area contributed by atoms with Gasteiger partial charge in [0.2, 0.25) is 5.91 Å². The van der Waals surface area contributed by atoms with E-state index in [1.54, 1.807) is 12.1 Å². The molecule has 3 atom stereocenters. The molecule has 178 valence electrons. The number of anilines is 1. The molecule has 0 spiro atoms. The Morgan fingerprint density at radius 3 is 2.45 bits per heavy atom. The summed E-state index contributed by atoms with van der Waals surface area (Å²) in [5, 5.41) is 7.55. The molecule has 1 heterocycles. The van der Waals surface area contributed by atoms with E-state index in [4.69, 9.17) is 11.6 Å². The molecule has 0 saturated heterocycles. The van der Waals surface area contributed by atoms with Crippen molar-refractivity contribution in [2.45, 2.75) is 76.0 Å². The second kappa shape index (κ2) is 8.97. The molecule has 1 amide bonds. The minimum absolute atomic E-state index is 0.0365. The molecule has 2 N–H and O–H groups in total. The normalized spacial score (nSPS) is 29.4. The zero-order chi connectivity index (χ0) is 23.2. The molecule has 2 bridgehead atoms. The predicted molar refractivity (Wildman–Crippen MR) is 123 cm³/mol. The maximum Gasteiger partial charge on any atom is 0.433 e. The number of halogens is 4. The quantitative estimate of drug-likeness (QED) is 0.509. The van der Waals surface area contributed by atoms with E-state index in [0.717, 1.165) is 43.6 Å². The third-order valence-corrected chi connectivity index (χ3v) is 8.08. The van der Waals surface area contributed by atoms with E-state index in [1.165, 1.54) is 31.7 Å². The molecule has 5 rings (SSSR count). The number of aromatic nitrogens is 1. The lowest BCUT2D eigenvalue weighted by Crippen LogP contribution is -2.41. The van der Waals surface area contributed by atoms with Crippen LogP contribution >= 0.6 is 11.6 Å². The SMILES string of the molecule is O=C(CC1CC2CCC1C2)N[C@H]1CC[C@@H](Nc2cc(C(F)(F)F)nc3ccc(Cl)cc23)CC1. The fourth-order valence-corrected chi connectivity index (χ4v) is 6.39. The van der Waals surface area contributed by atoms with Crippen LogP contribution in [0.2, 0.25) is 5.02 Å². The van der Waals surface area contributed by atoms with Crippen LogP contribution in [0.15, 0.2) is 24.3 Å². The minimum atomic E-state index is -4.52. The van der Waals surface area contributed by atoms with Crippen molar-refractivity contribution in [3.05, 3.63) is 35.0 Å². The van der Waals surface area contributed by atoms with Gasteiger partial charge in [0.05, 0.1) is 5.52 Å². The molecule has 33 heavy (non-hydrogen) atoms. The number of benzene rings is 1. The van der Waals surface area contributed by atoms with Crippen LogP contribution < -0.4 is 10.6 Å². The Balaban J connectivity index is 1.19. The predicted octanol–water partition coefficient (Wildman–Crippen LogP) is 6.57. The van der Waals surface area contributed by atoms with Crippen LogP contribution in [0.4, 0.5) is 18.9 Å². The number of carbonyl (C=O) groups is 1. The van der Waals surface area contributed by atoms with Crippen LogP contribution in [-0.4, -0.2) is 23.0 Å². The summed E-state index contributed by atoms with van der Waals surface area (Å²) < 4.78 is 40.1. The Morgan fingerprint density at radius 1 is 1.03 bits per heavy atom. The zero-order valence-corrected chi connectivity index (χ0v) is 19.2. The van der Waals surface area contributed by atoms with E-state index in [-0.39, 0.29) is 23.5 Å². The molecule has 8 heteroatoms. The summed E-state index contributed by atoms with van der Waals surface area (Å²) in [6.07, 6.45) is 4.45. The van der Waals surface area contributed by atoms with Crippen molar-refractivity contribution < 1.29 is 18.0 Å². The van der Waals surface area contributed by atoms with Gasteiger partial charge in [-0.25, -0.2) is 4.98 Å². The van der Waals surface area contributed by atoms with Gasteiger partial charge in [0, 0.05) is 34.6 Å². The van der Waals surface area contributed by atoms with E-state index in [2.05, 4.69) is 15.6 Å². The lowest BCUT2D eigenvalue weighted by atomic mass is 9.86. The summed E-state index contributed by atoms with van der Waals surface area (Å²) in [5.74, 6) is 2.29. The average molecular weight is 480 g/mol. The van der Waals surface area contributed by atoms with Crippen molar-refractivity contribution in [1.82, 2.24) is 10.3 Å². The van der Waals surface area contributed by atoms with E-state index in [0.29, 0.717) is 28.4 Å². The van der Waals surface area contributed by atoms with Gasteiger partial charge in [0.1, 0.15) is 5.69 Å². The number of hydrogen-bond acceptors (Lipinski definition) is 3. The average Bonchev–Trinajstić information content (AvgIpc) is 3.38. The molecule has 3 aliphatic rings. The monoisotopic (exact) mass is 479 g/mol. The second-order valence-electron chi connectivity index (χ2n) is 10.1. The summed E-state index contributed by atoms with van der Waals surface area (Å²) in [7, 11) is 0. The Bertz CT molecular complexity index is 1040. The third-order valence-electron chi connectivity index (χ3n) is 7.85. The Morgan fingerprint density at radius 2 is 1.79 bits per heavy atom. The summed E-state index contributed by atoms with van der Waals surface area (Å²) >= 11 is 6.09. The van der Waals surface area contributed by atoms with Crippen LogP contribution in [0.5, 0.6) is 0 Å². The number of fused-ring (bicyclic) bond motifs is 3. The Labute approximate surface area is 196 Å². The maximum absolute atomic E-state index is 13.4. The van der Waals surface area contributed by atoms with Gasteiger partial charge in [-0.2, -0.15) is 13.2 Å². The molecule has 2 aromatic rings. The fourth-order valence-electron chi connectivity index (χ4n) is 6.22. The number of pyridine rings is 1. The van der Waals surface area contributed by atoms with Crippen molar-refractivity contribution in [1.29, 1.82) is 0 Å². The molecular weight excluding hydrogens is 451 g/mol. The van der Waals surface area contributed by atoms with Gasteiger partial charge in [-0.1, -0.05) is 18.0 Å².